The molecule has 0 saturated heterocycles. The van der Waals surface area contributed by atoms with E-state index in [1.165, 1.54) is 7.11 Å². The number of rotatable bonds is 3. The van der Waals surface area contributed by atoms with Crippen LogP contribution in [0.15, 0.2) is 46.8 Å². The fourth-order valence-corrected chi connectivity index (χ4v) is 2.95. The molecule has 1 aliphatic heterocycles. The Hall–Kier alpha value is -3.00. The minimum absolute atomic E-state index is 0.259. The molecular formula is C19H20N2O3. The van der Waals surface area contributed by atoms with Crippen LogP contribution in [-0.2, 0) is 14.3 Å². The third-order valence-electron chi connectivity index (χ3n) is 4.02. The highest BCUT2D eigenvalue weighted by Gasteiger charge is 2.36. The van der Waals surface area contributed by atoms with Crippen molar-refractivity contribution >= 4 is 11.9 Å². The summed E-state index contributed by atoms with van der Waals surface area (Å²) in [5.74, 6) is 1.29. The Bertz CT molecular complexity index is 759. The van der Waals surface area contributed by atoms with E-state index >= 15 is 0 Å². The van der Waals surface area contributed by atoms with Crippen LogP contribution in [0.25, 0.3) is 0 Å². The van der Waals surface area contributed by atoms with Gasteiger partial charge in [0.15, 0.2) is 0 Å². The maximum atomic E-state index is 12.5. The quantitative estimate of drug-likeness (QED) is 0.657. The molecule has 0 bridgehead atoms. The molecular weight excluding hydrogens is 304 g/mol. The number of ether oxygens (including phenoxy) is 1. The molecule has 1 unspecified atom stereocenters. The molecule has 24 heavy (non-hydrogen) atoms. The van der Waals surface area contributed by atoms with Crippen LogP contribution in [0, 0.1) is 12.3 Å². The van der Waals surface area contributed by atoms with Gasteiger partial charge in [-0.25, -0.2) is 4.79 Å². The van der Waals surface area contributed by atoms with E-state index in [2.05, 4.69) is 16.6 Å². The Balaban J connectivity index is 2.72. The predicted molar refractivity (Wildman–Crippen MR) is 91.7 cm³/mol. The van der Waals surface area contributed by atoms with Gasteiger partial charge in [0.2, 0.25) is 5.91 Å². The summed E-state index contributed by atoms with van der Waals surface area (Å²) in [7, 11) is 2.88. The average molecular weight is 324 g/mol. The number of benzene rings is 1. The molecule has 1 atom stereocenters. The van der Waals surface area contributed by atoms with Crippen molar-refractivity contribution < 1.29 is 14.3 Å². The number of amides is 1. The lowest BCUT2D eigenvalue weighted by molar-refractivity contribution is -0.136. The molecule has 0 fully saturated rings. The molecule has 0 aliphatic carbocycles. The van der Waals surface area contributed by atoms with Crippen molar-refractivity contribution in [1.29, 1.82) is 0 Å². The summed E-state index contributed by atoms with van der Waals surface area (Å²) in [6.45, 7) is 3.59. The Morgan fingerprint density at radius 2 is 1.92 bits per heavy atom. The topological polar surface area (TPSA) is 67.4 Å². The zero-order valence-electron chi connectivity index (χ0n) is 14.2. The predicted octanol–water partition coefficient (Wildman–Crippen LogP) is 1.82. The zero-order valence-corrected chi connectivity index (χ0v) is 14.2. The Kier molecular flexibility index (Phi) is 5.10. The first-order valence-corrected chi connectivity index (χ1v) is 7.50. The first kappa shape index (κ1) is 17.4. The number of dihydropyridines is 1. The highest BCUT2D eigenvalue weighted by atomic mass is 16.5. The fourth-order valence-electron chi connectivity index (χ4n) is 2.95. The lowest BCUT2D eigenvalue weighted by Gasteiger charge is -2.30. The number of hydrogen-bond acceptors (Lipinski definition) is 4. The Morgan fingerprint density at radius 1 is 1.25 bits per heavy atom. The van der Waals surface area contributed by atoms with Gasteiger partial charge in [-0.15, -0.1) is 6.42 Å². The van der Waals surface area contributed by atoms with Gasteiger partial charge in [0, 0.05) is 29.6 Å². The van der Waals surface area contributed by atoms with Crippen LogP contribution in [0.1, 0.15) is 30.9 Å². The monoisotopic (exact) mass is 324 g/mol. The van der Waals surface area contributed by atoms with Crippen molar-refractivity contribution in [3.63, 3.8) is 0 Å². The van der Waals surface area contributed by atoms with Gasteiger partial charge in [-0.2, -0.15) is 0 Å². The number of allylic oxidation sites excluding steroid dienone is 2. The van der Waals surface area contributed by atoms with Crippen molar-refractivity contribution in [2.45, 2.75) is 19.8 Å². The second-order valence-electron chi connectivity index (χ2n) is 5.48. The molecule has 2 rings (SSSR count). The van der Waals surface area contributed by atoms with Gasteiger partial charge < -0.3 is 15.4 Å². The minimum Gasteiger partial charge on any atom is -0.466 e. The van der Waals surface area contributed by atoms with Crippen molar-refractivity contribution in [2.24, 2.45) is 0 Å². The van der Waals surface area contributed by atoms with Crippen LogP contribution >= 0.6 is 0 Å². The van der Waals surface area contributed by atoms with Gasteiger partial charge in [0.25, 0.3) is 0 Å². The maximum absolute atomic E-state index is 12.5. The average Bonchev–Trinajstić information content (AvgIpc) is 2.59. The number of hydrogen-bond donors (Lipinski definition) is 2. The fraction of sp³-hybridized carbons (Fsp3) is 0.263. The number of terminal acetylenes is 1. The SMILES string of the molecule is C#Cc1cccc(C2C(C(=O)NC)=C(C)NC(C)=C2C(=O)OC)c1. The van der Waals surface area contributed by atoms with Gasteiger partial charge >= 0.3 is 5.97 Å². The summed E-state index contributed by atoms with van der Waals surface area (Å²) in [5, 5.41) is 5.73. The minimum atomic E-state index is -0.549. The second kappa shape index (κ2) is 7.05. The number of carbonyl (C=O) groups excluding carboxylic acids is 2. The largest absolute Gasteiger partial charge is 0.466 e. The van der Waals surface area contributed by atoms with E-state index in [0.717, 1.165) is 5.56 Å². The van der Waals surface area contributed by atoms with Gasteiger partial charge in [-0.05, 0) is 31.5 Å². The maximum Gasteiger partial charge on any atom is 0.336 e. The van der Waals surface area contributed by atoms with E-state index in [4.69, 9.17) is 11.2 Å². The van der Waals surface area contributed by atoms with Gasteiger partial charge in [-0.3, -0.25) is 4.79 Å². The summed E-state index contributed by atoms with van der Waals surface area (Å²) < 4.78 is 4.93. The molecule has 5 nitrogen and oxygen atoms in total. The molecule has 0 saturated carbocycles. The third kappa shape index (κ3) is 3.04. The summed E-state index contributed by atoms with van der Waals surface area (Å²) >= 11 is 0. The zero-order chi connectivity index (χ0) is 17.9. The summed E-state index contributed by atoms with van der Waals surface area (Å²) in [6, 6.07) is 7.27. The lowest BCUT2D eigenvalue weighted by atomic mass is 9.79. The van der Waals surface area contributed by atoms with E-state index < -0.39 is 11.9 Å². The van der Waals surface area contributed by atoms with Crippen LogP contribution in [0.2, 0.25) is 0 Å². The van der Waals surface area contributed by atoms with E-state index in [0.29, 0.717) is 28.1 Å². The second-order valence-corrected chi connectivity index (χ2v) is 5.48. The lowest BCUT2D eigenvalue weighted by Crippen LogP contribution is -2.35. The van der Waals surface area contributed by atoms with Crippen LogP contribution in [0.4, 0.5) is 0 Å². The van der Waals surface area contributed by atoms with Crippen molar-refractivity contribution in [3.05, 3.63) is 57.9 Å². The molecule has 5 heteroatoms. The highest BCUT2D eigenvalue weighted by Crippen LogP contribution is 2.38. The van der Waals surface area contributed by atoms with Crippen LogP contribution in [-0.4, -0.2) is 26.0 Å². The molecule has 1 aliphatic rings. The van der Waals surface area contributed by atoms with Gasteiger partial charge in [0.05, 0.1) is 18.6 Å². The Morgan fingerprint density at radius 3 is 2.50 bits per heavy atom. The molecule has 0 spiro atoms. The van der Waals surface area contributed by atoms with Crippen molar-refractivity contribution in [3.8, 4) is 12.3 Å². The standard InChI is InChI=1S/C19H20N2O3/c1-6-13-8-7-9-14(10-13)17-15(18(22)20-4)11(2)21-12(3)16(17)19(23)24-5/h1,7-10,17,21H,2-5H3,(H,20,22). The van der Waals surface area contributed by atoms with Crippen LogP contribution in [0.5, 0.6) is 0 Å². The molecule has 2 N–H and O–H groups in total. The number of esters is 1. The first-order valence-electron chi connectivity index (χ1n) is 7.50. The third-order valence-corrected chi connectivity index (χ3v) is 4.02. The molecule has 1 aromatic carbocycles. The number of carbonyl (C=O) groups is 2. The van der Waals surface area contributed by atoms with Gasteiger partial charge in [-0.1, -0.05) is 18.1 Å². The number of nitrogens with one attached hydrogen (secondary N) is 2. The van der Waals surface area contributed by atoms with E-state index in [-0.39, 0.29) is 5.91 Å². The molecule has 1 amide bonds. The molecule has 124 valence electrons. The van der Waals surface area contributed by atoms with E-state index in [1.54, 1.807) is 27.0 Å². The molecule has 1 heterocycles. The van der Waals surface area contributed by atoms with E-state index in [1.807, 2.05) is 18.2 Å². The molecule has 1 aromatic rings. The number of methoxy groups -OCH3 is 1. The Labute approximate surface area is 141 Å². The normalized spacial score (nSPS) is 17.0. The molecule has 0 aromatic heterocycles. The highest BCUT2D eigenvalue weighted by molar-refractivity contribution is 6.02. The molecule has 0 radical (unpaired) electrons. The summed E-state index contributed by atoms with van der Waals surface area (Å²) in [4.78, 5) is 24.8. The van der Waals surface area contributed by atoms with Crippen molar-refractivity contribution in [2.75, 3.05) is 14.2 Å². The van der Waals surface area contributed by atoms with Crippen LogP contribution in [0.3, 0.4) is 0 Å². The van der Waals surface area contributed by atoms with Crippen molar-refractivity contribution in [1.82, 2.24) is 10.6 Å². The number of likely N-dealkylation sites (N-methyl/N-ethyl adjacent to an activating group) is 1. The summed E-state index contributed by atoms with van der Waals surface area (Å²) in [6.07, 6.45) is 5.49. The van der Waals surface area contributed by atoms with Gasteiger partial charge in [0.1, 0.15) is 0 Å². The summed E-state index contributed by atoms with van der Waals surface area (Å²) in [5.41, 5.74) is 3.67. The first-order chi connectivity index (χ1) is 11.4. The van der Waals surface area contributed by atoms with E-state index in [9.17, 15) is 9.59 Å². The smallest absolute Gasteiger partial charge is 0.336 e. The van der Waals surface area contributed by atoms with Crippen LogP contribution < -0.4 is 10.6 Å².